The first-order valence-electron chi connectivity index (χ1n) is 8.78. The van der Waals surface area contributed by atoms with Gasteiger partial charge in [-0.15, -0.1) is 0 Å². The summed E-state index contributed by atoms with van der Waals surface area (Å²) in [6.45, 7) is 1.83. The summed E-state index contributed by atoms with van der Waals surface area (Å²) in [7, 11) is 1.26. The summed E-state index contributed by atoms with van der Waals surface area (Å²) in [4.78, 5) is 12.4. The van der Waals surface area contributed by atoms with E-state index in [1.165, 1.54) is 19.2 Å². The fourth-order valence-electron chi connectivity index (χ4n) is 3.12. The fourth-order valence-corrected chi connectivity index (χ4v) is 3.12. The first kappa shape index (κ1) is 20.0. The average Bonchev–Trinajstić information content (AvgIpc) is 2.72. The first-order chi connectivity index (χ1) is 13.9. The van der Waals surface area contributed by atoms with E-state index in [2.05, 4.69) is 0 Å². The van der Waals surface area contributed by atoms with E-state index in [1.54, 1.807) is 43.3 Å². The maximum atomic E-state index is 13.0. The maximum Gasteiger partial charge on any atom is 0.338 e. The Morgan fingerprint density at radius 1 is 1.28 bits per heavy atom. The summed E-state index contributed by atoms with van der Waals surface area (Å²) < 4.78 is 29.1. The van der Waals surface area contributed by atoms with Gasteiger partial charge in [0.25, 0.3) is 0 Å². The molecule has 0 spiro atoms. The number of esters is 1. The van der Waals surface area contributed by atoms with E-state index >= 15 is 0 Å². The van der Waals surface area contributed by atoms with Crippen molar-refractivity contribution >= 4 is 5.97 Å². The second-order valence-corrected chi connectivity index (χ2v) is 6.37. The number of benzene rings is 2. The highest BCUT2D eigenvalue weighted by Crippen LogP contribution is 2.40. The van der Waals surface area contributed by atoms with Gasteiger partial charge in [0.15, 0.2) is 0 Å². The molecule has 6 nitrogen and oxygen atoms in total. The van der Waals surface area contributed by atoms with Gasteiger partial charge >= 0.3 is 5.97 Å². The molecule has 2 aromatic carbocycles. The van der Waals surface area contributed by atoms with Crippen LogP contribution >= 0.6 is 0 Å². The van der Waals surface area contributed by atoms with E-state index in [1.807, 2.05) is 6.07 Å². The predicted molar refractivity (Wildman–Crippen MR) is 103 cm³/mol. The Balaban J connectivity index is 1.93. The third-order valence-electron chi connectivity index (χ3n) is 4.52. The van der Waals surface area contributed by atoms with Crippen molar-refractivity contribution in [3.63, 3.8) is 0 Å². The van der Waals surface area contributed by atoms with Crippen LogP contribution in [0, 0.1) is 17.1 Å². The molecule has 148 valence electrons. The van der Waals surface area contributed by atoms with E-state index in [-0.39, 0.29) is 35.2 Å². The lowest BCUT2D eigenvalue weighted by Crippen LogP contribution is -2.25. The largest absolute Gasteiger partial charge is 0.489 e. The number of halogens is 1. The third-order valence-corrected chi connectivity index (χ3v) is 4.52. The number of nitrogens with two attached hydrogens (primary N) is 1. The van der Waals surface area contributed by atoms with Crippen LogP contribution in [0.4, 0.5) is 4.39 Å². The third kappa shape index (κ3) is 4.22. The standard InChI is InChI=1S/C22H19FN2O4/c1-13-19(22(26)27-2)20(18(11-24)21(25)29-13)15-4-3-5-17(10-15)28-12-14-6-8-16(23)9-7-14/h3-10,20H,12,25H2,1-2H3. The lowest BCUT2D eigenvalue weighted by Gasteiger charge is -2.26. The van der Waals surface area contributed by atoms with Gasteiger partial charge in [-0.05, 0) is 42.3 Å². The highest BCUT2D eigenvalue weighted by molar-refractivity contribution is 5.92. The SMILES string of the molecule is COC(=O)C1=C(C)OC(N)=C(C#N)C1c1cccc(OCc2ccc(F)cc2)c1. The molecule has 2 aromatic rings. The Hall–Kier alpha value is -3.79. The Labute approximate surface area is 167 Å². The lowest BCUT2D eigenvalue weighted by molar-refractivity contribution is -0.136. The number of allylic oxidation sites excluding steroid dienone is 2. The van der Waals surface area contributed by atoms with Gasteiger partial charge < -0.3 is 19.9 Å². The molecule has 0 amide bonds. The van der Waals surface area contributed by atoms with E-state index < -0.39 is 11.9 Å². The van der Waals surface area contributed by atoms with Crippen LogP contribution in [-0.4, -0.2) is 13.1 Å². The van der Waals surface area contributed by atoms with Crippen molar-refractivity contribution in [2.45, 2.75) is 19.4 Å². The van der Waals surface area contributed by atoms with Crippen LogP contribution in [0.5, 0.6) is 5.75 Å². The summed E-state index contributed by atoms with van der Waals surface area (Å²) in [6.07, 6.45) is 0. The number of carbonyl (C=O) groups excluding carboxylic acids is 1. The van der Waals surface area contributed by atoms with Crippen molar-refractivity contribution in [2.24, 2.45) is 5.73 Å². The summed E-state index contributed by atoms with van der Waals surface area (Å²) in [6, 6.07) is 15.0. The van der Waals surface area contributed by atoms with Crippen LogP contribution in [0.3, 0.4) is 0 Å². The van der Waals surface area contributed by atoms with Gasteiger partial charge in [0, 0.05) is 0 Å². The molecule has 2 N–H and O–H groups in total. The molecule has 1 aliphatic heterocycles. The monoisotopic (exact) mass is 394 g/mol. The number of ether oxygens (including phenoxy) is 3. The second-order valence-electron chi connectivity index (χ2n) is 6.37. The van der Waals surface area contributed by atoms with E-state index in [0.29, 0.717) is 11.3 Å². The van der Waals surface area contributed by atoms with Crippen molar-refractivity contribution < 1.29 is 23.4 Å². The average molecular weight is 394 g/mol. The molecule has 0 saturated carbocycles. The molecule has 7 heteroatoms. The Kier molecular flexibility index (Phi) is 5.84. The van der Waals surface area contributed by atoms with Gasteiger partial charge in [0.2, 0.25) is 5.88 Å². The molecular weight excluding hydrogens is 375 g/mol. The molecule has 0 aliphatic carbocycles. The zero-order valence-electron chi connectivity index (χ0n) is 15.9. The van der Waals surface area contributed by atoms with Gasteiger partial charge in [0.1, 0.15) is 35.6 Å². The van der Waals surface area contributed by atoms with Crippen molar-refractivity contribution in [1.82, 2.24) is 0 Å². The highest BCUT2D eigenvalue weighted by atomic mass is 19.1. The van der Waals surface area contributed by atoms with Crippen molar-refractivity contribution in [3.05, 3.63) is 88.3 Å². The van der Waals surface area contributed by atoms with Crippen LogP contribution < -0.4 is 10.5 Å². The zero-order chi connectivity index (χ0) is 21.0. The number of hydrogen-bond acceptors (Lipinski definition) is 6. The second kappa shape index (κ2) is 8.48. The minimum atomic E-state index is -0.740. The number of hydrogen-bond donors (Lipinski definition) is 1. The van der Waals surface area contributed by atoms with Gasteiger partial charge in [0.05, 0.1) is 18.6 Å². The summed E-state index contributed by atoms with van der Waals surface area (Å²) in [5.74, 6) is -0.922. The van der Waals surface area contributed by atoms with Gasteiger partial charge in [-0.2, -0.15) is 5.26 Å². The molecule has 1 unspecified atom stereocenters. The van der Waals surface area contributed by atoms with Crippen LogP contribution in [0.2, 0.25) is 0 Å². The van der Waals surface area contributed by atoms with Crippen LogP contribution in [0.15, 0.2) is 71.3 Å². The molecule has 0 fully saturated rings. The van der Waals surface area contributed by atoms with Crippen molar-refractivity contribution in [1.29, 1.82) is 5.26 Å². The maximum absolute atomic E-state index is 13.0. The molecule has 29 heavy (non-hydrogen) atoms. The van der Waals surface area contributed by atoms with Crippen LogP contribution in [-0.2, 0) is 20.9 Å². The lowest BCUT2D eigenvalue weighted by atomic mass is 9.83. The number of nitriles is 1. The van der Waals surface area contributed by atoms with Crippen LogP contribution in [0.25, 0.3) is 0 Å². The fraction of sp³-hybridized carbons (Fsp3) is 0.182. The molecular formula is C22H19FN2O4. The van der Waals surface area contributed by atoms with Gasteiger partial charge in [-0.3, -0.25) is 0 Å². The Bertz CT molecular complexity index is 1040. The van der Waals surface area contributed by atoms with Gasteiger partial charge in [-0.1, -0.05) is 24.3 Å². The Morgan fingerprint density at radius 3 is 2.66 bits per heavy atom. The highest BCUT2D eigenvalue weighted by Gasteiger charge is 2.36. The van der Waals surface area contributed by atoms with Gasteiger partial charge in [-0.25, -0.2) is 9.18 Å². The van der Waals surface area contributed by atoms with E-state index in [0.717, 1.165) is 5.56 Å². The summed E-state index contributed by atoms with van der Waals surface area (Å²) in [5.41, 5.74) is 7.63. The van der Waals surface area contributed by atoms with Crippen molar-refractivity contribution in [2.75, 3.05) is 7.11 Å². The number of rotatable bonds is 5. The number of carbonyl (C=O) groups is 1. The molecule has 1 atom stereocenters. The molecule has 0 bridgehead atoms. The molecule has 3 rings (SSSR count). The van der Waals surface area contributed by atoms with Crippen molar-refractivity contribution in [3.8, 4) is 11.8 Å². The molecule has 0 aromatic heterocycles. The minimum Gasteiger partial charge on any atom is -0.489 e. The van der Waals surface area contributed by atoms with E-state index in [9.17, 15) is 14.4 Å². The van der Waals surface area contributed by atoms with E-state index in [4.69, 9.17) is 19.9 Å². The quantitative estimate of drug-likeness (QED) is 0.778. The normalized spacial score (nSPS) is 16.1. The molecule has 1 aliphatic rings. The molecule has 0 radical (unpaired) electrons. The minimum absolute atomic E-state index is 0.0553. The summed E-state index contributed by atoms with van der Waals surface area (Å²) in [5, 5.41) is 9.59. The van der Waals surface area contributed by atoms with Crippen LogP contribution in [0.1, 0.15) is 24.0 Å². The topological polar surface area (TPSA) is 94.6 Å². The smallest absolute Gasteiger partial charge is 0.338 e. The number of nitrogens with zero attached hydrogens (tertiary/aromatic N) is 1. The zero-order valence-corrected chi connectivity index (χ0v) is 15.9. The molecule has 1 heterocycles. The number of methoxy groups -OCH3 is 1. The first-order valence-corrected chi connectivity index (χ1v) is 8.78. The predicted octanol–water partition coefficient (Wildman–Crippen LogP) is 3.66. The Morgan fingerprint density at radius 2 is 2.00 bits per heavy atom. The summed E-state index contributed by atoms with van der Waals surface area (Å²) >= 11 is 0. The molecule has 0 saturated heterocycles.